The summed E-state index contributed by atoms with van der Waals surface area (Å²) in [5.74, 6) is 0.717. The first-order chi connectivity index (χ1) is 9.97. The van der Waals surface area contributed by atoms with Gasteiger partial charge in [-0.3, -0.25) is 4.98 Å². The zero-order valence-corrected chi connectivity index (χ0v) is 13.6. The van der Waals surface area contributed by atoms with E-state index in [0.717, 1.165) is 17.0 Å². The second-order valence-corrected chi connectivity index (χ2v) is 5.88. The number of halogens is 2. The fourth-order valence-corrected chi connectivity index (χ4v) is 2.51. The van der Waals surface area contributed by atoms with E-state index in [-0.39, 0.29) is 6.04 Å². The molecule has 0 fully saturated rings. The van der Waals surface area contributed by atoms with E-state index in [1.54, 1.807) is 12.1 Å². The number of aryl methyl sites for hydroxylation is 1. The summed E-state index contributed by atoms with van der Waals surface area (Å²) in [6.45, 7) is 4.19. The predicted molar refractivity (Wildman–Crippen MR) is 87.1 cm³/mol. The van der Waals surface area contributed by atoms with Crippen LogP contribution in [0.4, 0.5) is 0 Å². The molecule has 112 valence electrons. The monoisotopic (exact) mass is 324 g/mol. The van der Waals surface area contributed by atoms with E-state index in [4.69, 9.17) is 33.7 Å². The minimum absolute atomic E-state index is 0.0190. The van der Waals surface area contributed by atoms with Crippen molar-refractivity contribution in [3.63, 3.8) is 0 Å². The second-order valence-electron chi connectivity index (χ2n) is 5.07. The van der Waals surface area contributed by atoms with Crippen molar-refractivity contribution in [2.24, 2.45) is 5.73 Å². The molecule has 0 aliphatic rings. The average Bonchev–Trinajstić information content (AvgIpc) is 2.39. The third-order valence-electron chi connectivity index (χ3n) is 3.02. The van der Waals surface area contributed by atoms with Gasteiger partial charge in [0.15, 0.2) is 0 Å². The van der Waals surface area contributed by atoms with Crippen LogP contribution in [-0.4, -0.2) is 11.0 Å². The quantitative estimate of drug-likeness (QED) is 0.898. The maximum Gasteiger partial charge on any atom is 0.141 e. The minimum atomic E-state index is 0.0190. The number of ether oxygens (including phenoxy) is 1. The molecule has 0 saturated heterocycles. The zero-order chi connectivity index (χ0) is 15.4. The summed E-state index contributed by atoms with van der Waals surface area (Å²) in [5.41, 5.74) is 8.43. The Labute approximate surface area is 135 Å². The number of hydrogen-bond acceptors (Lipinski definition) is 3. The van der Waals surface area contributed by atoms with Gasteiger partial charge in [0.2, 0.25) is 0 Å². The van der Waals surface area contributed by atoms with E-state index in [0.29, 0.717) is 28.8 Å². The van der Waals surface area contributed by atoms with Crippen molar-refractivity contribution in [1.29, 1.82) is 0 Å². The number of benzene rings is 1. The Hall–Kier alpha value is -1.29. The Balaban J connectivity index is 2.20. The molecule has 2 N–H and O–H groups in total. The second kappa shape index (κ2) is 7.12. The van der Waals surface area contributed by atoms with Crippen LogP contribution in [0.15, 0.2) is 30.3 Å². The van der Waals surface area contributed by atoms with Crippen molar-refractivity contribution in [2.75, 3.05) is 0 Å². The Morgan fingerprint density at radius 3 is 2.48 bits per heavy atom. The molecule has 1 aromatic carbocycles. The van der Waals surface area contributed by atoms with Crippen molar-refractivity contribution >= 4 is 23.2 Å². The first kappa shape index (κ1) is 16.1. The first-order valence-electron chi connectivity index (χ1n) is 6.75. The highest BCUT2D eigenvalue weighted by Gasteiger charge is 2.11. The molecule has 5 heteroatoms. The lowest BCUT2D eigenvalue weighted by atomic mass is 10.1. The van der Waals surface area contributed by atoms with Gasteiger partial charge in [-0.25, -0.2) is 0 Å². The van der Waals surface area contributed by atoms with Crippen LogP contribution in [0.25, 0.3) is 0 Å². The van der Waals surface area contributed by atoms with Crippen LogP contribution < -0.4 is 10.5 Å². The van der Waals surface area contributed by atoms with Crippen LogP contribution in [0.3, 0.4) is 0 Å². The molecule has 0 radical (unpaired) electrons. The Morgan fingerprint density at radius 1 is 1.19 bits per heavy atom. The van der Waals surface area contributed by atoms with Gasteiger partial charge in [0.25, 0.3) is 0 Å². The van der Waals surface area contributed by atoms with Crippen molar-refractivity contribution in [2.45, 2.75) is 32.9 Å². The Morgan fingerprint density at radius 2 is 1.86 bits per heavy atom. The SMILES string of the molecule is Cc1ccc(OCc2c(Cl)cccc2Cl)c(CC(C)N)n1. The van der Waals surface area contributed by atoms with Gasteiger partial charge in [0.1, 0.15) is 12.4 Å². The fraction of sp³-hybridized carbons (Fsp3) is 0.312. The topological polar surface area (TPSA) is 48.1 Å². The smallest absolute Gasteiger partial charge is 0.141 e. The van der Waals surface area contributed by atoms with Crippen LogP contribution in [0.5, 0.6) is 5.75 Å². The van der Waals surface area contributed by atoms with E-state index in [9.17, 15) is 0 Å². The summed E-state index contributed by atoms with van der Waals surface area (Å²) in [5, 5.41) is 1.19. The van der Waals surface area contributed by atoms with E-state index in [1.807, 2.05) is 32.0 Å². The highest BCUT2D eigenvalue weighted by Crippen LogP contribution is 2.27. The molecule has 1 aromatic heterocycles. The van der Waals surface area contributed by atoms with Gasteiger partial charge < -0.3 is 10.5 Å². The molecule has 2 aromatic rings. The lowest BCUT2D eigenvalue weighted by molar-refractivity contribution is 0.300. The first-order valence-corrected chi connectivity index (χ1v) is 7.50. The van der Waals surface area contributed by atoms with Gasteiger partial charge in [0, 0.05) is 33.8 Å². The standard InChI is InChI=1S/C16H18Cl2N2O/c1-10(19)8-15-16(7-6-11(2)20-15)21-9-12-13(17)4-3-5-14(12)18/h3-7,10H,8-9,19H2,1-2H3. The average molecular weight is 325 g/mol. The lowest BCUT2D eigenvalue weighted by Gasteiger charge is -2.14. The fourth-order valence-electron chi connectivity index (χ4n) is 2.00. The summed E-state index contributed by atoms with van der Waals surface area (Å²) < 4.78 is 5.85. The van der Waals surface area contributed by atoms with Gasteiger partial charge >= 0.3 is 0 Å². The van der Waals surface area contributed by atoms with Crippen molar-refractivity contribution in [1.82, 2.24) is 4.98 Å². The summed E-state index contributed by atoms with van der Waals surface area (Å²) in [6, 6.07) is 9.23. The van der Waals surface area contributed by atoms with Crippen molar-refractivity contribution < 1.29 is 4.74 Å². The Kier molecular flexibility index (Phi) is 5.45. The van der Waals surface area contributed by atoms with Crippen LogP contribution in [0.2, 0.25) is 10.0 Å². The van der Waals surface area contributed by atoms with E-state index in [1.165, 1.54) is 0 Å². The largest absolute Gasteiger partial charge is 0.487 e. The summed E-state index contributed by atoms with van der Waals surface area (Å²) >= 11 is 12.3. The number of pyridine rings is 1. The highest BCUT2D eigenvalue weighted by molar-refractivity contribution is 6.35. The van der Waals surface area contributed by atoms with Gasteiger partial charge in [-0.15, -0.1) is 0 Å². The summed E-state index contributed by atoms with van der Waals surface area (Å²) in [7, 11) is 0. The summed E-state index contributed by atoms with van der Waals surface area (Å²) in [6.07, 6.45) is 0.660. The molecule has 1 unspecified atom stereocenters. The normalized spacial score (nSPS) is 12.2. The Bertz CT molecular complexity index is 609. The van der Waals surface area contributed by atoms with Gasteiger partial charge in [0.05, 0.1) is 5.69 Å². The molecule has 21 heavy (non-hydrogen) atoms. The van der Waals surface area contributed by atoms with Gasteiger partial charge in [-0.05, 0) is 38.1 Å². The lowest BCUT2D eigenvalue weighted by Crippen LogP contribution is -2.19. The molecule has 0 spiro atoms. The van der Waals surface area contributed by atoms with Crippen molar-refractivity contribution in [3.8, 4) is 5.75 Å². The predicted octanol–water partition coefficient (Wildman–Crippen LogP) is 4.17. The highest BCUT2D eigenvalue weighted by atomic mass is 35.5. The van der Waals surface area contributed by atoms with Gasteiger partial charge in [-0.2, -0.15) is 0 Å². The van der Waals surface area contributed by atoms with Crippen LogP contribution >= 0.6 is 23.2 Å². The number of aromatic nitrogens is 1. The van der Waals surface area contributed by atoms with Gasteiger partial charge in [-0.1, -0.05) is 29.3 Å². The summed E-state index contributed by atoms with van der Waals surface area (Å²) in [4.78, 5) is 4.50. The maximum absolute atomic E-state index is 6.15. The third-order valence-corrected chi connectivity index (χ3v) is 3.73. The molecule has 0 saturated carbocycles. The van der Waals surface area contributed by atoms with E-state index < -0.39 is 0 Å². The molecule has 2 rings (SSSR count). The molecule has 3 nitrogen and oxygen atoms in total. The zero-order valence-electron chi connectivity index (χ0n) is 12.1. The van der Waals surface area contributed by atoms with Crippen LogP contribution in [-0.2, 0) is 13.0 Å². The maximum atomic E-state index is 6.15. The number of nitrogens with zero attached hydrogens (tertiary/aromatic N) is 1. The molecule has 0 amide bonds. The van der Waals surface area contributed by atoms with Crippen molar-refractivity contribution in [3.05, 3.63) is 57.3 Å². The van der Waals surface area contributed by atoms with Crippen LogP contribution in [0.1, 0.15) is 23.9 Å². The molecule has 0 aliphatic carbocycles. The van der Waals surface area contributed by atoms with Crippen LogP contribution in [0, 0.1) is 6.92 Å². The molecule has 1 atom stereocenters. The van der Waals surface area contributed by atoms with E-state index in [2.05, 4.69) is 4.98 Å². The molecule has 0 bridgehead atoms. The number of nitrogens with two attached hydrogens (primary N) is 1. The number of rotatable bonds is 5. The molecular formula is C16H18Cl2N2O. The molecule has 0 aliphatic heterocycles. The third kappa shape index (κ3) is 4.34. The minimum Gasteiger partial charge on any atom is -0.487 e. The van der Waals surface area contributed by atoms with E-state index >= 15 is 0 Å². The number of hydrogen-bond donors (Lipinski definition) is 1. The molecular weight excluding hydrogens is 307 g/mol. The molecule has 1 heterocycles.